The number of hydrogen-bond donors (Lipinski definition) is 1. The molecule has 4 nitrogen and oxygen atoms in total. The number of aromatic nitrogens is 1. The zero-order valence-electron chi connectivity index (χ0n) is 11.8. The highest BCUT2D eigenvalue weighted by molar-refractivity contribution is 6.31. The second-order valence-electron chi connectivity index (χ2n) is 4.83. The van der Waals surface area contributed by atoms with Crippen molar-refractivity contribution in [1.82, 2.24) is 9.88 Å². The summed E-state index contributed by atoms with van der Waals surface area (Å²) in [7, 11) is 0. The van der Waals surface area contributed by atoms with Gasteiger partial charge in [-0.25, -0.2) is 0 Å². The minimum Gasteiger partial charge on any atom is -0.395 e. The number of aliphatic hydroxyl groups is 1. The Labute approximate surface area is 129 Å². The third-order valence-corrected chi connectivity index (χ3v) is 3.26. The van der Waals surface area contributed by atoms with Crippen molar-refractivity contribution in [1.29, 1.82) is 0 Å². The molecule has 0 aliphatic heterocycles. The fourth-order valence-corrected chi connectivity index (χ4v) is 2.42. The molecule has 0 saturated carbocycles. The van der Waals surface area contributed by atoms with E-state index in [-0.39, 0.29) is 19.1 Å². The summed E-state index contributed by atoms with van der Waals surface area (Å²) in [5.74, 6) is -0.154. The van der Waals surface area contributed by atoms with Crippen LogP contribution in [0.2, 0.25) is 5.02 Å². The fourth-order valence-electron chi connectivity index (χ4n) is 2.13. The van der Waals surface area contributed by atoms with Crippen molar-refractivity contribution in [3.63, 3.8) is 0 Å². The van der Waals surface area contributed by atoms with Crippen molar-refractivity contribution in [2.75, 3.05) is 13.2 Å². The quantitative estimate of drug-likeness (QED) is 0.924. The average Bonchev–Trinajstić information content (AvgIpc) is 2.46. The Morgan fingerprint density at radius 2 is 2.19 bits per heavy atom. The Kier molecular flexibility index (Phi) is 5.31. The predicted molar refractivity (Wildman–Crippen MR) is 82.3 cm³/mol. The van der Waals surface area contributed by atoms with Gasteiger partial charge >= 0.3 is 0 Å². The van der Waals surface area contributed by atoms with E-state index < -0.39 is 0 Å². The van der Waals surface area contributed by atoms with Crippen LogP contribution in [0.15, 0.2) is 42.7 Å². The van der Waals surface area contributed by atoms with Crippen LogP contribution < -0.4 is 0 Å². The zero-order chi connectivity index (χ0) is 15.2. The lowest BCUT2D eigenvalue weighted by atomic mass is 10.1. The number of aryl methyl sites for hydroxylation is 1. The predicted octanol–water partition coefficient (Wildman–Crippen LogP) is 2.68. The number of carbonyl (C=O) groups is 1. The molecule has 0 spiro atoms. The van der Waals surface area contributed by atoms with Crippen LogP contribution in [-0.2, 0) is 6.54 Å². The highest BCUT2D eigenvalue weighted by Gasteiger charge is 2.16. The molecule has 0 radical (unpaired) electrons. The van der Waals surface area contributed by atoms with E-state index in [1.807, 2.05) is 19.1 Å². The van der Waals surface area contributed by atoms with E-state index in [9.17, 15) is 9.90 Å². The molecule has 1 heterocycles. The summed E-state index contributed by atoms with van der Waals surface area (Å²) < 4.78 is 0. The number of nitrogens with zero attached hydrogens (tertiary/aromatic N) is 2. The minimum atomic E-state index is -0.154. The Hall–Kier alpha value is -1.91. The number of pyridine rings is 1. The first kappa shape index (κ1) is 15.5. The Morgan fingerprint density at radius 3 is 2.81 bits per heavy atom. The van der Waals surface area contributed by atoms with Crippen LogP contribution >= 0.6 is 11.6 Å². The van der Waals surface area contributed by atoms with E-state index >= 15 is 0 Å². The van der Waals surface area contributed by atoms with Crippen molar-refractivity contribution in [3.8, 4) is 0 Å². The molecular formula is C16H17ClN2O2. The summed E-state index contributed by atoms with van der Waals surface area (Å²) in [6.07, 6.45) is 3.39. The van der Waals surface area contributed by atoms with Crippen LogP contribution in [0.25, 0.3) is 0 Å². The number of carbonyl (C=O) groups excluding carboxylic acids is 1. The van der Waals surface area contributed by atoms with Gasteiger partial charge in [-0.3, -0.25) is 9.78 Å². The highest BCUT2D eigenvalue weighted by atomic mass is 35.5. The third kappa shape index (κ3) is 4.28. The largest absolute Gasteiger partial charge is 0.395 e. The van der Waals surface area contributed by atoms with Gasteiger partial charge in [0.1, 0.15) is 0 Å². The molecule has 0 aliphatic carbocycles. The van der Waals surface area contributed by atoms with E-state index in [1.54, 1.807) is 35.5 Å². The van der Waals surface area contributed by atoms with Crippen LogP contribution in [0, 0.1) is 6.92 Å². The molecule has 0 aliphatic rings. The van der Waals surface area contributed by atoms with E-state index in [4.69, 9.17) is 11.6 Å². The number of benzene rings is 1. The maximum Gasteiger partial charge on any atom is 0.254 e. The monoisotopic (exact) mass is 304 g/mol. The molecule has 1 N–H and O–H groups in total. The first-order valence-electron chi connectivity index (χ1n) is 6.66. The van der Waals surface area contributed by atoms with E-state index in [0.29, 0.717) is 17.1 Å². The molecule has 1 aromatic carbocycles. The maximum atomic E-state index is 12.6. The van der Waals surface area contributed by atoms with Gasteiger partial charge in [0.2, 0.25) is 0 Å². The lowest BCUT2D eigenvalue weighted by molar-refractivity contribution is 0.0707. The topological polar surface area (TPSA) is 53.4 Å². The van der Waals surface area contributed by atoms with Crippen LogP contribution in [-0.4, -0.2) is 34.0 Å². The molecule has 1 aromatic heterocycles. The lowest BCUT2D eigenvalue weighted by Crippen LogP contribution is -2.33. The van der Waals surface area contributed by atoms with E-state index in [1.165, 1.54) is 0 Å². The minimum absolute atomic E-state index is 0.0917. The van der Waals surface area contributed by atoms with Gasteiger partial charge in [-0.15, -0.1) is 0 Å². The van der Waals surface area contributed by atoms with Gasteiger partial charge < -0.3 is 10.0 Å². The van der Waals surface area contributed by atoms with Crippen LogP contribution in [0.1, 0.15) is 21.5 Å². The molecule has 5 heteroatoms. The maximum absolute atomic E-state index is 12.6. The van der Waals surface area contributed by atoms with Crippen LogP contribution in [0.4, 0.5) is 0 Å². The van der Waals surface area contributed by atoms with Crippen molar-refractivity contribution in [2.45, 2.75) is 13.5 Å². The Morgan fingerprint density at radius 1 is 1.38 bits per heavy atom. The van der Waals surface area contributed by atoms with Gasteiger partial charge in [-0.2, -0.15) is 0 Å². The highest BCUT2D eigenvalue weighted by Crippen LogP contribution is 2.17. The zero-order valence-corrected chi connectivity index (χ0v) is 12.5. The number of aliphatic hydroxyl groups excluding tert-OH is 1. The van der Waals surface area contributed by atoms with Crippen molar-refractivity contribution in [2.24, 2.45) is 0 Å². The normalized spacial score (nSPS) is 10.4. The SMILES string of the molecule is Cc1cc(Cl)cc(C(=O)N(CCO)Cc2cccnc2)c1. The third-order valence-electron chi connectivity index (χ3n) is 3.04. The Bertz CT molecular complexity index is 597. The lowest BCUT2D eigenvalue weighted by Gasteiger charge is -2.22. The molecule has 0 fully saturated rings. The van der Waals surface area contributed by atoms with Crippen LogP contribution in [0.5, 0.6) is 0 Å². The molecule has 110 valence electrons. The molecule has 2 rings (SSSR count). The van der Waals surface area contributed by atoms with E-state index in [2.05, 4.69) is 4.98 Å². The number of rotatable bonds is 5. The molecule has 0 atom stereocenters. The number of hydrogen-bond acceptors (Lipinski definition) is 3. The Balaban J connectivity index is 2.22. The first-order chi connectivity index (χ1) is 10.1. The molecule has 0 saturated heterocycles. The summed E-state index contributed by atoms with van der Waals surface area (Å²) in [6.45, 7) is 2.46. The fraction of sp³-hybridized carbons (Fsp3) is 0.250. The van der Waals surface area contributed by atoms with Gasteiger partial charge in [0, 0.05) is 36.1 Å². The summed E-state index contributed by atoms with van der Waals surface area (Å²) in [5.41, 5.74) is 2.37. The summed E-state index contributed by atoms with van der Waals surface area (Å²) in [5, 5.41) is 9.72. The van der Waals surface area contributed by atoms with E-state index in [0.717, 1.165) is 11.1 Å². The van der Waals surface area contributed by atoms with Crippen molar-refractivity contribution >= 4 is 17.5 Å². The van der Waals surface area contributed by atoms with Gasteiger partial charge in [-0.1, -0.05) is 17.7 Å². The molecule has 21 heavy (non-hydrogen) atoms. The second-order valence-corrected chi connectivity index (χ2v) is 5.27. The van der Waals surface area contributed by atoms with Crippen molar-refractivity contribution in [3.05, 3.63) is 64.4 Å². The summed E-state index contributed by atoms with van der Waals surface area (Å²) >= 11 is 6.01. The van der Waals surface area contributed by atoms with Gasteiger partial charge in [-0.05, 0) is 42.3 Å². The van der Waals surface area contributed by atoms with Gasteiger partial charge in [0.05, 0.1) is 6.61 Å². The first-order valence-corrected chi connectivity index (χ1v) is 7.04. The summed E-state index contributed by atoms with van der Waals surface area (Å²) in [6, 6.07) is 8.95. The summed E-state index contributed by atoms with van der Waals surface area (Å²) in [4.78, 5) is 18.2. The molecule has 0 bridgehead atoms. The molecule has 0 unspecified atom stereocenters. The van der Waals surface area contributed by atoms with Crippen molar-refractivity contribution < 1.29 is 9.90 Å². The number of halogens is 1. The van der Waals surface area contributed by atoms with Crippen LogP contribution in [0.3, 0.4) is 0 Å². The molecular weight excluding hydrogens is 288 g/mol. The second kappa shape index (κ2) is 7.20. The average molecular weight is 305 g/mol. The molecule has 2 aromatic rings. The molecule has 1 amide bonds. The van der Waals surface area contributed by atoms with Gasteiger partial charge in [0.25, 0.3) is 5.91 Å². The number of amides is 1. The van der Waals surface area contributed by atoms with Gasteiger partial charge in [0.15, 0.2) is 0 Å². The standard InChI is InChI=1S/C16H17ClN2O2/c1-12-7-14(9-15(17)8-12)16(21)19(5-6-20)11-13-3-2-4-18-10-13/h2-4,7-10,20H,5-6,11H2,1H3. The smallest absolute Gasteiger partial charge is 0.254 e.